The third kappa shape index (κ3) is 4.20. The maximum atomic E-state index is 5.82. The Labute approximate surface area is 143 Å². The van der Waals surface area contributed by atoms with Crippen molar-refractivity contribution >= 4 is 11.9 Å². The average Bonchev–Trinajstić information content (AvgIpc) is 2.81. The second-order valence-electron chi connectivity index (χ2n) is 6.62. The van der Waals surface area contributed by atoms with E-state index in [2.05, 4.69) is 50.2 Å². The molecule has 6 heteroatoms. The van der Waals surface area contributed by atoms with Crippen molar-refractivity contribution in [1.82, 2.24) is 19.9 Å². The summed E-state index contributed by atoms with van der Waals surface area (Å²) in [6, 6.07) is 10.8. The van der Waals surface area contributed by atoms with Gasteiger partial charge in [-0.2, -0.15) is 15.0 Å². The summed E-state index contributed by atoms with van der Waals surface area (Å²) in [5, 5.41) is 0. The summed E-state index contributed by atoms with van der Waals surface area (Å²) in [7, 11) is 3.82. The Morgan fingerprint density at radius 1 is 1.08 bits per heavy atom. The lowest BCUT2D eigenvalue weighted by Gasteiger charge is -2.20. The summed E-state index contributed by atoms with van der Waals surface area (Å²) in [4.78, 5) is 17.3. The molecule has 1 atom stereocenters. The van der Waals surface area contributed by atoms with Gasteiger partial charge in [-0.3, -0.25) is 4.90 Å². The Bertz CT molecular complexity index is 658. The Hall–Kier alpha value is -2.21. The van der Waals surface area contributed by atoms with Crippen LogP contribution in [0.5, 0.6) is 0 Å². The maximum absolute atomic E-state index is 5.82. The predicted octanol–water partition coefficient (Wildman–Crippen LogP) is 2.29. The number of hydrogen-bond donors (Lipinski definition) is 1. The van der Waals surface area contributed by atoms with Crippen molar-refractivity contribution in [2.24, 2.45) is 0 Å². The third-order valence-corrected chi connectivity index (χ3v) is 4.54. The summed E-state index contributed by atoms with van der Waals surface area (Å²) in [6.07, 6.45) is 3.61. The molecule has 0 amide bonds. The smallest absolute Gasteiger partial charge is 0.229 e. The number of nitrogens with zero attached hydrogens (tertiary/aromatic N) is 5. The monoisotopic (exact) mass is 326 g/mol. The first-order valence-corrected chi connectivity index (χ1v) is 8.57. The molecule has 2 aromatic rings. The van der Waals surface area contributed by atoms with Crippen molar-refractivity contribution in [1.29, 1.82) is 0 Å². The summed E-state index contributed by atoms with van der Waals surface area (Å²) >= 11 is 0. The van der Waals surface area contributed by atoms with Gasteiger partial charge < -0.3 is 10.6 Å². The number of rotatable bonds is 4. The Morgan fingerprint density at radius 3 is 2.62 bits per heavy atom. The van der Waals surface area contributed by atoms with Gasteiger partial charge in [-0.25, -0.2) is 0 Å². The maximum Gasteiger partial charge on any atom is 0.229 e. The Morgan fingerprint density at radius 2 is 1.88 bits per heavy atom. The second-order valence-corrected chi connectivity index (χ2v) is 6.62. The summed E-state index contributed by atoms with van der Waals surface area (Å²) in [5.74, 6) is 2.32. The third-order valence-electron chi connectivity index (χ3n) is 4.54. The molecule has 1 fully saturated rings. The lowest BCUT2D eigenvalue weighted by molar-refractivity contribution is 0.269. The van der Waals surface area contributed by atoms with Crippen molar-refractivity contribution in [3.8, 4) is 0 Å². The molecule has 1 aliphatic rings. The summed E-state index contributed by atoms with van der Waals surface area (Å²) in [6.45, 7) is 2.86. The molecule has 0 radical (unpaired) electrons. The first-order chi connectivity index (χ1) is 11.6. The van der Waals surface area contributed by atoms with E-state index in [1.54, 1.807) is 0 Å². The van der Waals surface area contributed by atoms with Gasteiger partial charge in [-0.1, -0.05) is 30.3 Å². The van der Waals surface area contributed by atoms with E-state index in [9.17, 15) is 0 Å². The van der Waals surface area contributed by atoms with Crippen molar-refractivity contribution in [2.75, 3.05) is 37.8 Å². The molecular formula is C18H26N6. The fourth-order valence-corrected chi connectivity index (χ4v) is 3.27. The van der Waals surface area contributed by atoms with Crippen LogP contribution in [0.1, 0.15) is 36.6 Å². The molecule has 1 saturated heterocycles. The lowest BCUT2D eigenvalue weighted by Crippen LogP contribution is -2.26. The molecule has 6 nitrogen and oxygen atoms in total. The van der Waals surface area contributed by atoms with Crippen LogP contribution in [0.3, 0.4) is 0 Å². The minimum Gasteiger partial charge on any atom is -0.368 e. The predicted molar refractivity (Wildman–Crippen MR) is 96.9 cm³/mol. The summed E-state index contributed by atoms with van der Waals surface area (Å²) in [5.41, 5.74) is 7.28. The van der Waals surface area contributed by atoms with Crippen LogP contribution in [0.25, 0.3) is 0 Å². The van der Waals surface area contributed by atoms with E-state index in [0.717, 1.165) is 25.5 Å². The van der Waals surface area contributed by atoms with Gasteiger partial charge in [0, 0.05) is 14.1 Å². The number of benzene rings is 1. The van der Waals surface area contributed by atoms with Gasteiger partial charge in [0.05, 0.1) is 6.54 Å². The highest BCUT2D eigenvalue weighted by atomic mass is 15.3. The van der Waals surface area contributed by atoms with E-state index in [4.69, 9.17) is 5.73 Å². The standard InChI is InChI=1S/C18H26N6/c1-23(2)18-21-16(20-17(19)22-18)13-24-11-6-9-15(10-12-24)14-7-4-3-5-8-14/h3-5,7-8,15H,6,9-13H2,1-2H3,(H2,19,20,21,22). The average molecular weight is 326 g/mol. The van der Waals surface area contributed by atoms with Gasteiger partial charge in [0.15, 0.2) is 0 Å². The minimum absolute atomic E-state index is 0.292. The van der Waals surface area contributed by atoms with E-state index in [1.807, 2.05) is 19.0 Å². The van der Waals surface area contributed by atoms with E-state index in [-0.39, 0.29) is 0 Å². The molecule has 0 saturated carbocycles. The number of nitrogen functional groups attached to an aromatic ring is 1. The molecule has 24 heavy (non-hydrogen) atoms. The molecule has 0 spiro atoms. The van der Waals surface area contributed by atoms with Crippen LogP contribution in [-0.4, -0.2) is 47.0 Å². The molecule has 3 rings (SSSR count). The molecule has 1 aromatic carbocycles. The van der Waals surface area contributed by atoms with Crippen molar-refractivity contribution in [2.45, 2.75) is 31.7 Å². The zero-order valence-corrected chi connectivity index (χ0v) is 14.5. The normalized spacial score (nSPS) is 19.0. The van der Waals surface area contributed by atoms with E-state index >= 15 is 0 Å². The van der Waals surface area contributed by atoms with Crippen LogP contribution in [-0.2, 0) is 6.54 Å². The molecule has 128 valence electrons. The van der Waals surface area contributed by atoms with E-state index in [1.165, 1.54) is 24.8 Å². The van der Waals surface area contributed by atoms with Crippen molar-refractivity contribution in [3.63, 3.8) is 0 Å². The van der Waals surface area contributed by atoms with Crippen LogP contribution in [0.15, 0.2) is 30.3 Å². The number of anilines is 2. The summed E-state index contributed by atoms with van der Waals surface area (Å²) < 4.78 is 0. The van der Waals surface area contributed by atoms with Crippen molar-refractivity contribution in [3.05, 3.63) is 41.7 Å². The van der Waals surface area contributed by atoms with Gasteiger partial charge in [0.25, 0.3) is 0 Å². The van der Waals surface area contributed by atoms with Gasteiger partial charge in [0.2, 0.25) is 11.9 Å². The molecule has 0 aliphatic carbocycles. The van der Waals surface area contributed by atoms with Crippen LogP contribution < -0.4 is 10.6 Å². The molecule has 0 bridgehead atoms. The number of hydrogen-bond acceptors (Lipinski definition) is 6. The highest BCUT2D eigenvalue weighted by molar-refractivity contribution is 5.32. The van der Waals surface area contributed by atoms with Crippen molar-refractivity contribution < 1.29 is 0 Å². The van der Waals surface area contributed by atoms with Crippen LogP contribution in [0.2, 0.25) is 0 Å². The number of likely N-dealkylation sites (tertiary alicyclic amines) is 1. The van der Waals surface area contributed by atoms with Gasteiger partial charge in [0.1, 0.15) is 5.82 Å². The number of nitrogens with two attached hydrogens (primary N) is 1. The highest BCUT2D eigenvalue weighted by Crippen LogP contribution is 2.28. The molecule has 2 N–H and O–H groups in total. The zero-order chi connectivity index (χ0) is 16.9. The second kappa shape index (κ2) is 7.57. The first kappa shape index (κ1) is 16.6. The van der Waals surface area contributed by atoms with Gasteiger partial charge >= 0.3 is 0 Å². The number of aromatic nitrogens is 3. The van der Waals surface area contributed by atoms with Crippen LogP contribution >= 0.6 is 0 Å². The topological polar surface area (TPSA) is 71.2 Å². The first-order valence-electron chi connectivity index (χ1n) is 8.57. The molecule has 1 unspecified atom stereocenters. The molecule has 1 aromatic heterocycles. The minimum atomic E-state index is 0.292. The fraction of sp³-hybridized carbons (Fsp3) is 0.500. The molecular weight excluding hydrogens is 300 g/mol. The highest BCUT2D eigenvalue weighted by Gasteiger charge is 2.19. The molecule has 1 aliphatic heterocycles. The van der Waals surface area contributed by atoms with Gasteiger partial charge in [-0.15, -0.1) is 0 Å². The lowest BCUT2D eigenvalue weighted by atomic mass is 9.92. The van der Waals surface area contributed by atoms with Gasteiger partial charge in [-0.05, 0) is 43.8 Å². The quantitative estimate of drug-likeness (QED) is 0.929. The largest absolute Gasteiger partial charge is 0.368 e. The SMILES string of the molecule is CN(C)c1nc(N)nc(CN2CCCC(c3ccccc3)CC2)n1. The van der Waals surface area contributed by atoms with Crippen LogP contribution in [0, 0.1) is 0 Å². The zero-order valence-electron chi connectivity index (χ0n) is 14.5. The Balaban J connectivity index is 1.65. The molecule has 2 heterocycles. The van der Waals surface area contributed by atoms with E-state index in [0.29, 0.717) is 17.8 Å². The van der Waals surface area contributed by atoms with E-state index < -0.39 is 0 Å². The van der Waals surface area contributed by atoms with Crippen LogP contribution in [0.4, 0.5) is 11.9 Å². The fourth-order valence-electron chi connectivity index (χ4n) is 3.27. The Kier molecular flexibility index (Phi) is 5.25.